The van der Waals surface area contributed by atoms with Crippen LogP contribution in [-0.4, -0.2) is 36.7 Å². The summed E-state index contributed by atoms with van der Waals surface area (Å²) in [5.74, 6) is 0.735. The summed E-state index contributed by atoms with van der Waals surface area (Å²) >= 11 is 0. The molecule has 0 aliphatic carbocycles. The van der Waals surface area contributed by atoms with Crippen LogP contribution in [0.25, 0.3) is 0 Å². The Bertz CT molecular complexity index is 695. The Morgan fingerprint density at radius 3 is 2.42 bits per heavy atom. The Kier molecular flexibility index (Phi) is 5.99. The van der Waals surface area contributed by atoms with E-state index < -0.39 is 0 Å². The SMILES string of the molecule is COc1ccc(C(CO)N(C)C(=O)Cc2cc(C)ccc2C)cc1. The first-order valence-corrected chi connectivity index (χ1v) is 8.03. The number of aliphatic hydroxyl groups excluding tert-OH is 1. The van der Waals surface area contributed by atoms with Gasteiger partial charge in [-0.15, -0.1) is 0 Å². The normalized spacial score (nSPS) is 11.9. The largest absolute Gasteiger partial charge is 0.497 e. The van der Waals surface area contributed by atoms with Gasteiger partial charge in [-0.25, -0.2) is 0 Å². The van der Waals surface area contributed by atoms with Crippen molar-refractivity contribution >= 4 is 5.91 Å². The van der Waals surface area contributed by atoms with Crippen molar-refractivity contribution in [3.05, 3.63) is 64.7 Å². The van der Waals surface area contributed by atoms with Crippen LogP contribution in [0.3, 0.4) is 0 Å². The summed E-state index contributed by atoms with van der Waals surface area (Å²) < 4.78 is 5.15. The summed E-state index contributed by atoms with van der Waals surface area (Å²) in [6, 6.07) is 13.2. The van der Waals surface area contributed by atoms with Gasteiger partial charge in [-0.05, 0) is 42.7 Å². The molecule has 0 fully saturated rings. The topological polar surface area (TPSA) is 49.8 Å². The molecule has 4 nitrogen and oxygen atoms in total. The van der Waals surface area contributed by atoms with Crippen LogP contribution in [0.4, 0.5) is 0 Å². The van der Waals surface area contributed by atoms with E-state index in [2.05, 4.69) is 0 Å². The Morgan fingerprint density at radius 2 is 1.83 bits per heavy atom. The molecule has 0 saturated heterocycles. The summed E-state index contributed by atoms with van der Waals surface area (Å²) in [5, 5.41) is 9.76. The Hall–Kier alpha value is -2.33. The monoisotopic (exact) mass is 327 g/mol. The number of aryl methyl sites for hydroxylation is 2. The molecular weight excluding hydrogens is 302 g/mol. The Labute approximate surface area is 143 Å². The molecule has 0 bridgehead atoms. The quantitative estimate of drug-likeness (QED) is 0.887. The fourth-order valence-electron chi connectivity index (χ4n) is 2.73. The van der Waals surface area contributed by atoms with E-state index in [9.17, 15) is 9.90 Å². The van der Waals surface area contributed by atoms with E-state index >= 15 is 0 Å². The first kappa shape index (κ1) is 18.0. The number of hydrogen-bond donors (Lipinski definition) is 1. The molecular formula is C20H25NO3. The van der Waals surface area contributed by atoms with Gasteiger partial charge < -0.3 is 14.7 Å². The number of likely N-dealkylation sites (N-methyl/N-ethyl adjacent to an activating group) is 1. The van der Waals surface area contributed by atoms with Gasteiger partial charge in [-0.1, -0.05) is 35.9 Å². The van der Waals surface area contributed by atoms with Crippen molar-refractivity contribution in [2.24, 2.45) is 0 Å². The predicted molar refractivity (Wildman–Crippen MR) is 95.2 cm³/mol. The number of hydrogen-bond acceptors (Lipinski definition) is 3. The van der Waals surface area contributed by atoms with Crippen LogP contribution >= 0.6 is 0 Å². The van der Waals surface area contributed by atoms with E-state index in [1.54, 1.807) is 19.1 Å². The fraction of sp³-hybridized carbons (Fsp3) is 0.350. The molecule has 1 N–H and O–H groups in total. The third kappa shape index (κ3) is 4.15. The molecule has 1 unspecified atom stereocenters. The Morgan fingerprint density at radius 1 is 1.17 bits per heavy atom. The second kappa shape index (κ2) is 7.97. The molecule has 128 valence electrons. The molecule has 1 atom stereocenters. The van der Waals surface area contributed by atoms with Gasteiger partial charge in [0, 0.05) is 7.05 Å². The van der Waals surface area contributed by atoms with Gasteiger partial charge in [0.05, 0.1) is 26.2 Å². The van der Waals surface area contributed by atoms with Gasteiger partial charge in [0.15, 0.2) is 0 Å². The van der Waals surface area contributed by atoms with E-state index in [1.165, 1.54) is 0 Å². The molecule has 0 aliphatic heterocycles. The number of benzene rings is 2. The highest BCUT2D eigenvalue weighted by Crippen LogP contribution is 2.23. The maximum atomic E-state index is 12.7. The number of aliphatic hydroxyl groups is 1. The van der Waals surface area contributed by atoms with Crippen LogP contribution in [0.1, 0.15) is 28.3 Å². The molecule has 2 aromatic rings. The Balaban J connectivity index is 2.15. The van der Waals surface area contributed by atoms with Crippen molar-refractivity contribution in [3.63, 3.8) is 0 Å². The number of nitrogens with zero attached hydrogens (tertiary/aromatic N) is 1. The van der Waals surface area contributed by atoms with E-state index in [0.717, 1.165) is 28.0 Å². The number of amides is 1. The van der Waals surface area contributed by atoms with Crippen molar-refractivity contribution in [3.8, 4) is 5.75 Å². The van der Waals surface area contributed by atoms with E-state index in [1.807, 2.05) is 56.3 Å². The number of carbonyl (C=O) groups is 1. The van der Waals surface area contributed by atoms with Crippen LogP contribution in [-0.2, 0) is 11.2 Å². The van der Waals surface area contributed by atoms with Gasteiger partial charge in [0.2, 0.25) is 5.91 Å². The van der Waals surface area contributed by atoms with Crippen molar-refractivity contribution in [1.82, 2.24) is 4.90 Å². The molecule has 2 aromatic carbocycles. The second-order valence-corrected chi connectivity index (χ2v) is 6.08. The highest BCUT2D eigenvalue weighted by Gasteiger charge is 2.21. The number of ether oxygens (including phenoxy) is 1. The number of rotatable bonds is 6. The molecule has 24 heavy (non-hydrogen) atoms. The third-order valence-electron chi connectivity index (χ3n) is 4.38. The minimum Gasteiger partial charge on any atom is -0.497 e. The summed E-state index contributed by atoms with van der Waals surface area (Å²) in [7, 11) is 3.34. The van der Waals surface area contributed by atoms with Crippen molar-refractivity contribution in [1.29, 1.82) is 0 Å². The van der Waals surface area contributed by atoms with Crippen LogP contribution in [0.5, 0.6) is 5.75 Å². The summed E-state index contributed by atoms with van der Waals surface area (Å²) in [6.07, 6.45) is 0.330. The zero-order chi connectivity index (χ0) is 17.7. The van der Waals surface area contributed by atoms with E-state index in [4.69, 9.17) is 4.74 Å². The lowest BCUT2D eigenvalue weighted by atomic mass is 10.0. The molecule has 1 amide bonds. The molecule has 0 aromatic heterocycles. The molecule has 0 spiro atoms. The minimum absolute atomic E-state index is 0.0152. The minimum atomic E-state index is -0.367. The van der Waals surface area contributed by atoms with Crippen LogP contribution in [0.2, 0.25) is 0 Å². The summed E-state index contributed by atoms with van der Waals surface area (Å²) in [4.78, 5) is 14.3. The lowest BCUT2D eigenvalue weighted by molar-refractivity contribution is -0.132. The zero-order valence-electron chi connectivity index (χ0n) is 14.7. The van der Waals surface area contributed by atoms with Crippen LogP contribution < -0.4 is 4.74 Å². The van der Waals surface area contributed by atoms with Crippen LogP contribution in [0, 0.1) is 13.8 Å². The molecule has 0 radical (unpaired) electrons. The van der Waals surface area contributed by atoms with Crippen molar-refractivity contribution < 1.29 is 14.6 Å². The van der Waals surface area contributed by atoms with E-state index in [-0.39, 0.29) is 18.6 Å². The standard InChI is InChI=1S/C20H25NO3/c1-14-5-6-15(2)17(11-14)12-20(23)21(3)19(13-22)16-7-9-18(24-4)10-8-16/h5-11,19,22H,12-13H2,1-4H3. The van der Waals surface area contributed by atoms with Gasteiger partial charge in [0.1, 0.15) is 5.75 Å². The summed E-state index contributed by atoms with van der Waals surface area (Å²) in [5.41, 5.74) is 4.15. The average Bonchev–Trinajstić information content (AvgIpc) is 2.59. The number of carbonyl (C=O) groups excluding carboxylic acids is 1. The zero-order valence-corrected chi connectivity index (χ0v) is 14.7. The fourth-order valence-corrected chi connectivity index (χ4v) is 2.73. The van der Waals surface area contributed by atoms with Gasteiger partial charge in [-0.3, -0.25) is 4.79 Å². The van der Waals surface area contributed by atoms with Crippen molar-refractivity contribution in [2.45, 2.75) is 26.3 Å². The van der Waals surface area contributed by atoms with E-state index in [0.29, 0.717) is 6.42 Å². The lowest BCUT2D eigenvalue weighted by Gasteiger charge is -2.27. The smallest absolute Gasteiger partial charge is 0.227 e. The van der Waals surface area contributed by atoms with Gasteiger partial charge >= 0.3 is 0 Å². The van der Waals surface area contributed by atoms with Crippen molar-refractivity contribution in [2.75, 3.05) is 20.8 Å². The first-order valence-electron chi connectivity index (χ1n) is 8.03. The number of methoxy groups -OCH3 is 1. The average molecular weight is 327 g/mol. The molecule has 0 aliphatic rings. The predicted octanol–water partition coefficient (Wildman–Crippen LogP) is 3.05. The van der Waals surface area contributed by atoms with Gasteiger partial charge in [0.25, 0.3) is 0 Å². The second-order valence-electron chi connectivity index (χ2n) is 6.08. The highest BCUT2D eigenvalue weighted by molar-refractivity contribution is 5.79. The maximum absolute atomic E-state index is 12.7. The summed E-state index contributed by atoms with van der Waals surface area (Å²) in [6.45, 7) is 3.90. The molecule has 0 heterocycles. The highest BCUT2D eigenvalue weighted by atomic mass is 16.5. The van der Waals surface area contributed by atoms with Crippen LogP contribution in [0.15, 0.2) is 42.5 Å². The lowest BCUT2D eigenvalue weighted by Crippen LogP contribution is -2.34. The maximum Gasteiger partial charge on any atom is 0.227 e. The van der Waals surface area contributed by atoms with Gasteiger partial charge in [-0.2, -0.15) is 0 Å². The molecule has 4 heteroatoms. The molecule has 0 saturated carbocycles. The first-order chi connectivity index (χ1) is 11.5. The molecule has 2 rings (SSSR count). The third-order valence-corrected chi connectivity index (χ3v) is 4.38.